The number of nitriles is 1. The molecule has 0 bridgehead atoms. The molecule has 106 valence electrons. The molecule has 2 aromatic rings. The Bertz CT molecular complexity index is 702. The van der Waals surface area contributed by atoms with Crippen molar-refractivity contribution in [1.29, 1.82) is 5.26 Å². The lowest BCUT2D eigenvalue weighted by Gasteiger charge is -2.24. The van der Waals surface area contributed by atoms with E-state index in [1.54, 1.807) is 19.9 Å². The summed E-state index contributed by atoms with van der Waals surface area (Å²) in [6, 6.07) is 15.2. The van der Waals surface area contributed by atoms with Gasteiger partial charge in [0.05, 0.1) is 11.1 Å². The molecule has 21 heavy (non-hydrogen) atoms. The summed E-state index contributed by atoms with van der Waals surface area (Å²) in [5.41, 5.74) is 0.0824. The molecular weight excluding hydrogens is 267 g/mol. The molecule has 0 atom stereocenters. The smallest absolute Gasteiger partial charge is 0.234 e. The van der Waals surface area contributed by atoms with Gasteiger partial charge in [0.25, 0.3) is 0 Å². The summed E-state index contributed by atoms with van der Waals surface area (Å²) < 4.78 is 13.5. The van der Waals surface area contributed by atoms with Crippen molar-refractivity contribution in [2.45, 2.75) is 19.3 Å². The highest BCUT2D eigenvalue weighted by Gasteiger charge is 2.30. The largest absolute Gasteiger partial charge is 0.324 e. The minimum atomic E-state index is -0.791. The fraction of sp³-hybridized carbons (Fsp3) is 0.176. The maximum atomic E-state index is 13.5. The highest BCUT2D eigenvalue weighted by atomic mass is 19.1. The maximum absolute atomic E-state index is 13.5. The zero-order valence-corrected chi connectivity index (χ0v) is 11.9. The molecule has 1 amide bonds. The number of nitrogens with one attached hydrogen (secondary N) is 1. The van der Waals surface area contributed by atoms with E-state index >= 15 is 0 Å². The molecular formula is C17H15FN2O. The van der Waals surface area contributed by atoms with Gasteiger partial charge in [-0.25, -0.2) is 4.39 Å². The number of hydrogen-bond acceptors (Lipinski definition) is 2. The molecule has 0 saturated heterocycles. The SMILES string of the molecule is CC(C)(C(=O)Nc1cccc(F)c1C#N)c1ccccc1. The lowest BCUT2D eigenvalue weighted by molar-refractivity contribution is -0.120. The predicted molar refractivity (Wildman–Crippen MR) is 79.2 cm³/mol. The molecule has 0 saturated carbocycles. The van der Waals surface area contributed by atoms with Gasteiger partial charge in [-0.3, -0.25) is 4.79 Å². The Morgan fingerprint density at radius 3 is 2.43 bits per heavy atom. The lowest BCUT2D eigenvalue weighted by atomic mass is 9.83. The number of rotatable bonds is 3. The molecule has 2 aromatic carbocycles. The van der Waals surface area contributed by atoms with Crippen LogP contribution in [0, 0.1) is 17.1 Å². The molecule has 0 aliphatic heterocycles. The second-order valence-electron chi connectivity index (χ2n) is 5.22. The van der Waals surface area contributed by atoms with Crippen molar-refractivity contribution in [2.75, 3.05) is 5.32 Å². The average molecular weight is 282 g/mol. The summed E-state index contributed by atoms with van der Waals surface area (Å²) in [5.74, 6) is -0.941. The third kappa shape index (κ3) is 2.92. The van der Waals surface area contributed by atoms with Gasteiger partial charge in [-0.15, -0.1) is 0 Å². The van der Waals surface area contributed by atoms with Crippen molar-refractivity contribution in [1.82, 2.24) is 0 Å². The van der Waals surface area contributed by atoms with Crippen molar-refractivity contribution < 1.29 is 9.18 Å². The van der Waals surface area contributed by atoms with Crippen LogP contribution in [0.5, 0.6) is 0 Å². The van der Waals surface area contributed by atoms with Gasteiger partial charge in [0.2, 0.25) is 5.91 Å². The average Bonchev–Trinajstić information content (AvgIpc) is 2.48. The first kappa shape index (κ1) is 14.7. The Balaban J connectivity index is 2.31. The molecule has 3 nitrogen and oxygen atoms in total. The van der Waals surface area contributed by atoms with E-state index in [4.69, 9.17) is 5.26 Å². The van der Waals surface area contributed by atoms with Crippen LogP contribution in [0.15, 0.2) is 48.5 Å². The Kier molecular flexibility index (Phi) is 4.04. The lowest BCUT2D eigenvalue weighted by Crippen LogP contribution is -2.35. The monoisotopic (exact) mass is 282 g/mol. The van der Waals surface area contributed by atoms with E-state index in [-0.39, 0.29) is 17.2 Å². The number of amides is 1. The first-order chi connectivity index (χ1) is 9.96. The molecule has 4 heteroatoms. The summed E-state index contributed by atoms with van der Waals surface area (Å²) in [7, 11) is 0. The zero-order valence-electron chi connectivity index (χ0n) is 11.9. The molecule has 1 N–H and O–H groups in total. The first-order valence-corrected chi connectivity index (χ1v) is 6.52. The molecule has 0 aliphatic rings. The molecule has 0 fully saturated rings. The van der Waals surface area contributed by atoms with Crippen LogP contribution < -0.4 is 5.32 Å². The van der Waals surface area contributed by atoms with E-state index in [2.05, 4.69) is 5.32 Å². The van der Waals surface area contributed by atoms with Crippen molar-refractivity contribution in [3.8, 4) is 6.07 Å². The van der Waals surface area contributed by atoms with Crippen LogP contribution in [0.3, 0.4) is 0 Å². The number of carbonyl (C=O) groups excluding carboxylic acids is 1. The quantitative estimate of drug-likeness (QED) is 0.934. The summed E-state index contributed by atoms with van der Waals surface area (Å²) in [6.45, 7) is 3.56. The molecule has 0 heterocycles. The van der Waals surface area contributed by atoms with Crippen LogP contribution in [0.2, 0.25) is 0 Å². The van der Waals surface area contributed by atoms with E-state index < -0.39 is 11.2 Å². The number of hydrogen-bond donors (Lipinski definition) is 1. The molecule has 0 unspecified atom stereocenters. The van der Waals surface area contributed by atoms with E-state index in [0.29, 0.717) is 0 Å². The van der Waals surface area contributed by atoms with Gasteiger partial charge < -0.3 is 5.32 Å². The van der Waals surface area contributed by atoms with Crippen LogP contribution in [0.25, 0.3) is 0 Å². The van der Waals surface area contributed by atoms with Gasteiger partial charge in [0, 0.05) is 0 Å². The molecule has 0 aliphatic carbocycles. The standard InChI is InChI=1S/C17H15FN2O/c1-17(2,12-7-4-3-5-8-12)16(21)20-15-10-6-9-14(18)13(15)11-19/h3-10H,1-2H3,(H,20,21). The van der Waals surface area contributed by atoms with E-state index in [0.717, 1.165) is 5.56 Å². The van der Waals surface area contributed by atoms with Gasteiger partial charge in [-0.1, -0.05) is 36.4 Å². The fourth-order valence-corrected chi connectivity index (χ4v) is 2.01. The number of anilines is 1. The van der Waals surface area contributed by atoms with E-state index in [9.17, 15) is 9.18 Å². The highest BCUT2D eigenvalue weighted by molar-refractivity contribution is 5.99. The second-order valence-corrected chi connectivity index (χ2v) is 5.22. The number of benzene rings is 2. The minimum absolute atomic E-state index is 0.158. The summed E-state index contributed by atoms with van der Waals surface area (Å²) >= 11 is 0. The van der Waals surface area contributed by atoms with Crippen molar-refractivity contribution in [3.63, 3.8) is 0 Å². The number of halogens is 1. The van der Waals surface area contributed by atoms with E-state index in [1.807, 2.05) is 30.3 Å². The molecule has 0 aromatic heterocycles. The second kappa shape index (κ2) is 5.76. The number of carbonyl (C=O) groups is 1. The van der Waals surface area contributed by atoms with Crippen molar-refractivity contribution in [3.05, 3.63) is 65.5 Å². The Morgan fingerprint density at radius 2 is 1.81 bits per heavy atom. The van der Waals surface area contributed by atoms with Crippen LogP contribution in [-0.4, -0.2) is 5.91 Å². The first-order valence-electron chi connectivity index (χ1n) is 6.52. The predicted octanol–water partition coefficient (Wildman–Crippen LogP) is 3.61. The summed E-state index contributed by atoms with van der Waals surface area (Å²) in [5, 5.41) is 11.6. The normalized spacial score (nSPS) is 10.8. The highest BCUT2D eigenvalue weighted by Crippen LogP contribution is 2.26. The fourth-order valence-electron chi connectivity index (χ4n) is 2.01. The summed E-state index contributed by atoms with van der Waals surface area (Å²) in [4.78, 5) is 12.5. The van der Waals surface area contributed by atoms with E-state index in [1.165, 1.54) is 18.2 Å². The maximum Gasteiger partial charge on any atom is 0.234 e. The zero-order chi connectivity index (χ0) is 15.5. The number of nitrogens with zero attached hydrogens (tertiary/aromatic N) is 1. The van der Waals surface area contributed by atoms with Crippen LogP contribution in [-0.2, 0) is 10.2 Å². The van der Waals surface area contributed by atoms with Gasteiger partial charge in [0.1, 0.15) is 17.4 Å². The molecule has 0 spiro atoms. The third-order valence-electron chi connectivity index (χ3n) is 3.44. The third-order valence-corrected chi connectivity index (χ3v) is 3.44. The minimum Gasteiger partial charge on any atom is -0.324 e. The molecule has 2 rings (SSSR count). The van der Waals surface area contributed by atoms with Gasteiger partial charge in [-0.2, -0.15) is 5.26 Å². The van der Waals surface area contributed by atoms with Crippen molar-refractivity contribution >= 4 is 11.6 Å². The van der Waals surface area contributed by atoms with Gasteiger partial charge >= 0.3 is 0 Å². The van der Waals surface area contributed by atoms with Gasteiger partial charge in [0.15, 0.2) is 0 Å². The topological polar surface area (TPSA) is 52.9 Å². The van der Waals surface area contributed by atoms with Gasteiger partial charge in [-0.05, 0) is 31.5 Å². The Morgan fingerprint density at radius 1 is 1.14 bits per heavy atom. The van der Waals surface area contributed by atoms with Crippen LogP contribution in [0.4, 0.5) is 10.1 Å². The van der Waals surface area contributed by atoms with Crippen LogP contribution in [0.1, 0.15) is 25.0 Å². The van der Waals surface area contributed by atoms with Crippen molar-refractivity contribution in [2.24, 2.45) is 0 Å². The van der Waals surface area contributed by atoms with Crippen LogP contribution >= 0.6 is 0 Å². The molecule has 0 radical (unpaired) electrons. The summed E-state index contributed by atoms with van der Waals surface area (Å²) in [6.07, 6.45) is 0. The Hall–Kier alpha value is -2.67. The Labute approximate surface area is 123 Å².